The fraction of sp³-hybridized carbons (Fsp3) is 0.211. The Balaban J connectivity index is 1.82. The Morgan fingerprint density at radius 2 is 1.96 bits per heavy atom. The first kappa shape index (κ1) is 17.9. The van der Waals surface area contributed by atoms with E-state index in [4.69, 9.17) is 9.47 Å². The van der Waals surface area contributed by atoms with Crippen LogP contribution in [0.25, 0.3) is 11.3 Å². The molecule has 0 N–H and O–H groups in total. The second-order valence-corrected chi connectivity index (χ2v) is 6.47. The highest BCUT2D eigenvalue weighted by atomic mass is 32.1. The lowest BCUT2D eigenvalue weighted by Gasteiger charge is -2.05. The van der Waals surface area contributed by atoms with Crippen molar-refractivity contribution in [1.82, 2.24) is 4.98 Å². The van der Waals surface area contributed by atoms with Crippen molar-refractivity contribution in [2.45, 2.75) is 13.3 Å². The summed E-state index contributed by atoms with van der Waals surface area (Å²) in [6.07, 6.45) is 0.702. The van der Waals surface area contributed by atoms with Crippen molar-refractivity contribution < 1.29 is 14.4 Å². The van der Waals surface area contributed by atoms with E-state index in [1.54, 1.807) is 26.2 Å². The van der Waals surface area contributed by atoms with E-state index in [1.165, 1.54) is 17.4 Å². The normalized spacial score (nSPS) is 10.5. The van der Waals surface area contributed by atoms with Gasteiger partial charge in [-0.1, -0.05) is 12.1 Å². The summed E-state index contributed by atoms with van der Waals surface area (Å²) >= 11 is 1.53. The zero-order chi connectivity index (χ0) is 18.5. The van der Waals surface area contributed by atoms with Crippen LogP contribution in [-0.4, -0.2) is 23.6 Å². The standard InChI is InChI=1S/C19H18N2O4S/c1-3-25-18-9-6-14(11-17(18)21(22)23)16-12-26-19(20-16)10-13-4-7-15(24-2)8-5-13/h4-9,11-12H,3,10H2,1-2H3. The lowest BCUT2D eigenvalue weighted by atomic mass is 10.1. The third-order valence-electron chi connectivity index (χ3n) is 3.82. The molecule has 0 fully saturated rings. The summed E-state index contributed by atoms with van der Waals surface area (Å²) in [6, 6.07) is 12.8. The van der Waals surface area contributed by atoms with Crippen LogP contribution in [0.5, 0.6) is 11.5 Å². The molecule has 0 spiro atoms. The molecule has 7 heteroatoms. The van der Waals surface area contributed by atoms with Crippen LogP contribution >= 0.6 is 11.3 Å². The van der Waals surface area contributed by atoms with Gasteiger partial charge in [0.2, 0.25) is 0 Å². The number of methoxy groups -OCH3 is 1. The van der Waals surface area contributed by atoms with Crippen molar-refractivity contribution >= 4 is 17.0 Å². The van der Waals surface area contributed by atoms with Crippen LogP contribution in [0.3, 0.4) is 0 Å². The van der Waals surface area contributed by atoms with Crippen molar-refractivity contribution in [3.05, 3.63) is 68.5 Å². The molecule has 0 bridgehead atoms. The largest absolute Gasteiger partial charge is 0.497 e. The lowest BCUT2D eigenvalue weighted by molar-refractivity contribution is -0.385. The number of thiazole rings is 1. The van der Waals surface area contributed by atoms with Crippen LogP contribution in [0.4, 0.5) is 5.69 Å². The summed E-state index contributed by atoms with van der Waals surface area (Å²) in [5, 5.41) is 14.1. The number of ether oxygens (including phenoxy) is 2. The van der Waals surface area contributed by atoms with Gasteiger partial charge in [-0.05, 0) is 36.8 Å². The third-order valence-corrected chi connectivity index (χ3v) is 4.67. The molecule has 0 saturated heterocycles. The summed E-state index contributed by atoms with van der Waals surface area (Å²) in [7, 11) is 1.64. The number of hydrogen-bond acceptors (Lipinski definition) is 6. The summed E-state index contributed by atoms with van der Waals surface area (Å²) in [6.45, 7) is 2.17. The van der Waals surface area contributed by atoms with Crippen molar-refractivity contribution in [3.63, 3.8) is 0 Å². The van der Waals surface area contributed by atoms with E-state index in [0.29, 0.717) is 18.6 Å². The smallest absolute Gasteiger partial charge is 0.311 e. The van der Waals surface area contributed by atoms with Gasteiger partial charge >= 0.3 is 5.69 Å². The fourth-order valence-electron chi connectivity index (χ4n) is 2.54. The molecule has 6 nitrogen and oxygen atoms in total. The van der Waals surface area contributed by atoms with Crippen LogP contribution in [-0.2, 0) is 6.42 Å². The number of rotatable bonds is 7. The maximum Gasteiger partial charge on any atom is 0.311 e. The average molecular weight is 370 g/mol. The minimum atomic E-state index is -0.431. The first-order valence-electron chi connectivity index (χ1n) is 8.09. The van der Waals surface area contributed by atoms with Gasteiger partial charge in [-0.25, -0.2) is 4.98 Å². The van der Waals surface area contributed by atoms with Crippen LogP contribution in [0.2, 0.25) is 0 Å². The lowest BCUT2D eigenvalue weighted by Crippen LogP contribution is -1.97. The Morgan fingerprint density at radius 3 is 2.62 bits per heavy atom. The predicted molar refractivity (Wildman–Crippen MR) is 101 cm³/mol. The molecule has 0 aliphatic rings. The molecule has 0 aliphatic heterocycles. The van der Waals surface area contributed by atoms with E-state index in [1.807, 2.05) is 29.6 Å². The van der Waals surface area contributed by atoms with E-state index in [0.717, 1.165) is 22.0 Å². The Kier molecular flexibility index (Phi) is 5.48. The van der Waals surface area contributed by atoms with E-state index in [9.17, 15) is 10.1 Å². The molecule has 0 saturated carbocycles. The monoisotopic (exact) mass is 370 g/mol. The first-order chi connectivity index (χ1) is 12.6. The molecule has 3 aromatic rings. The quantitative estimate of drug-likeness (QED) is 0.444. The van der Waals surface area contributed by atoms with Crippen LogP contribution in [0, 0.1) is 10.1 Å². The van der Waals surface area contributed by atoms with Crippen LogP contribution in [0.1, 0.15) is 17.5 Å². The number of aromatic nitrogens is 1. The highest BCUT2D eigenvalue weighted by molar-refractivity contribution is 7.10. The highest BCUT2D eigenvalue weighted by Crippen LogP contribution is 2.33. The van der Waals surface area contributed by atoms with Crippen LogP contribution in [0.15, 0.2) is 47.8 Å². The molecular weight excluding hydrogens is 352 g/mol. The summed E-state index contributed by atoms with van der Waals surface area (Å²) in [5.74, 6) is 1.09. The Labute approximate surface area is 155 Å². The molecule has 1 heterocycles. The predicted octanol–water partition coefficient (Wildman–Crippen LogP) is 4.72. The van der Waals surface area contributed by atoms with Gasteiger partial charge in [-0.3, -0.25) is 10.1 Å². The number of hydrogen-bond donors (Lipinski definition) is 0. The molecule has 134 valence electrons. The molecule has 3 rings (SSSR count). The summed E-state index contributed by atoms with van der Waals surface area (Å²) in [4.78, 5) is 15.5. The molecule has 0 aliphatic carbocycles. The molecule has 0 radical (unpaired) electrons. The minimum Gasteiger partial charge on any atom is -0.497 e. The zero-order valence-electron chi connectivity index (χ0n) is 14.5. The third kappa shape index (κ3) is 4.00. The van der Waals surface area contributed by atoms with E-state index < -0.39 is 4.92 Å². The van der Waals surface area contributed by atoms with Gasteiger partial charge in [0.1, 0.15) is 5.75 Å². The summed E-state index contributed by atoms with van der Waals surface area (Å²) in [5.41, 5.74) is 2.51. The topological polar surface area (TPSA) is 74.5 Å². The molecule has 1 aromatic heterocycles. The zero-order valence-corrected chi connectivity index (χ0v) is 15.3. The van der Waals surface area contributed by atoms with Crippen molar-refractivity contribution in [2.75, 3.05) is 13.7 Å². The molecule has 0 unspecified atom stereocenters. The maximum atomic E-state index is 11.3. The minimum absolute atomic E-state index is 0.0472. The van der Waals surface area contributed by atoms with Gasteiger partial charge < -0.3 is 9.47 Å². The molecule has 0 amide bonds. The van der Waals surface area contributed by atoms with Crippen molar-refractivity contribution in [2.24, 2.45) is 0 Å². The molecule has 0 atom stereocenters. The first-order valence-corrected chi connectivity index (χ1v) is 8.97. The SMILES string of the molecule is CCOc1ccc(-c2csc(Cc3ccc(OC)cc3)n2)cc1[N+](=O)[O-]. The Bertz CT molecular complexity index is 906. The van der Waals surface area contributed by atoms with Crippen LogP contribution < -0.4 is 9.47 Å². The number of nitro benzene ring substituents is 1. The van der Waals surface area contributed by atoms with Crippen molar-refractivity contribution in [3.8, 4) is 22.8 Å². The number of nitro groups is 1. The van der Waals surface area contributed by atoms with Gasteiger partial charge in [0.05, 0.1) is 29.3 Å². The second-order valence-electron chi connectivity index (χ2n) is 5.52. The summed E-state index contributed by atoms with van der Waals surface area (Å²) < 4.78 is 10.5. The van der Waals surface area contributed by atoms with Gasteiger partial charge in [0.15, 0.2) is 5.75 Å². The van der Waals surface area contributed by atoms with Gasteiger partial charge in [0, 0.05) is 23.4 Å². The number of benzene rings is 2. The van der Waals surface area contributed by atoms with E-state index in [2.05, 4.69) is 4.98 Å². The molecule has 26 heavy (non-hydrogen) atoms. The average Bonchev–Trinajstić information content (AvgIpc) is 3.11. The second kappa shape index (κ2) is 7.97. The maximum absolute atomic E-state index is 11.3. The van der Waals surface area contributed by atoms with E-state index >= 15 is 0 Å². The van der Waals surface area contributed by atoms with Crippen molar-refractivity contribution in [1.29, 1.82) is 0 Å². The van der Waals surface area contributed by atoms with Gasteiger partial charge in [0.25, 0.3) is 0 Å². The molecule has 2 aromatic carbocycles. The molecular formula is C19H18N2O4S. The number of nitrogens with zero attached hydrogens (tertiary/aromatic N) is 2. The van der Waals surface area contributed by atoms with Gasteiger partial charge in [-0.15, -0.1) is 11.3 Å². The fourth-order valence-corrected chi connectivity index (χ4v) is 3.38. The van der Waals surface area contributed by atoms with E-state index in [-0.39, 0.29) is 11.4 Å². The Hall–Kier alpha value is -2.93. The Morgan fingerprint density at radius 1 is 1.19 bits per heavy atom. The van der Waals surface area contributed by atoms with Gasteiger partial charge in [-0.2, -0.15) is 0 Å². The highest BCUT2D eigenvalue weighted by Gasteiger charge is 2.17.